The fourth-order valence-corrected chi connectivity index (χ4v) is 4.47. The van der Waals surface area contributed by atoms with Crippen LogP contribution in [-0.4, -0.2) is 20.5 Å². The van der Waals surface area contributed by atoms with Gasteiger partial charge in [-0.3, -0.25) is 14.9 Å². The van der Waals surface area contributed by atoms with E-state index >= 15 is 0 Å². The highest BCUT2D eigenvalue weighted by atomic mass is 32.1. The molecule has 0 bridgehead atoms. The predicted octanol–water partition coefficient (Wildman–Crippen LogP) is 5.49. The number of hydrogen-bond acceptors (Lipinski definition) is 4. The van der Waals surface area contributed by atoms with Crippen molar-refractivity contribution in [2.24, 2.45) is 4.99 Å². The Morgan fingerprint density at radius 2 is 2.00 bits per heavy atom. The lowest BCUT2D eigenvalue weighted by atomic mass is 10.1. The summed E-state index contributed by atoms with van der Waals surface area (Å²) in [5, 5.41) is 3.94. The highest BCUT2D eigenvalue weighted by Crippen LogP contribution is 2.25. The lowest BCUT2D eigenvalue weighted by molar-refractivity contribution is 0.790. The molecule has 4 rings (SSSR count). The molecular formula is C23H24N4OS. The van der Waals surface area contributed by atoms with Gasteiger partial charge in [-0.25, -0.2) is 4.98 Å². The first-order valence-corrected chi connectivity index (χ1v) is 10.6. The van der Waals surface area contributed by atoms with E-state index in [9.17, 15) is 4.79 Å². The largest absolute Gasteiger partial charge is 0.292 e. The maximum Gasteiger partial charge on any atom is 0.282 e. The Balaban J connectivity index is 1.84. The van der Waals surface area contributed by atoms with Gasteiger partial charge >= 0.3 is 0 Å². The third-order valence-electron chi connectivity index (χ3n) is 4.94. The fraction of sp³-hybridized carbons (Fsp3) is 0.261. The van der Waals surface area contributed by atoms with Gasteiger partial charge in [0.05, 0.1) is 27.2 Å². The maximum absolute atomic E-state index is 13.3. The van der Waals surface area contributed by atoms with E-state index in [0.717, 1.165) is 45.7 Å². The number of thiazole rings is 1. The van der Waals surface area contributed by atoms with Crippen LogP contribution in [0.4, 0.5) is 5.69 Å². The molecule has 0 saturated carbocycles. The number of para-hydroxylation sites is 1. The van der Waals surface area contributed by atoms with Crippen molar-refractivity contribution < 1.29 is 0 Å². The number of nitrogens with zero attached hydrogens (tertiary/aromatic N) is 3. The van der Waals surface area contributed by atoms with Crippen molar-refractivity contribution in [3.8, 4) is 5.13 Å². The van der Waals surface area contributed by atoms with Crippen LogP contribution >= 0.6 is 11.3 Å². The number of fused-ring (bicyclic) bond motifs is 1. The van der Waals surface area contributed by atoms with Crippen LogP contribution in [-0.2, 0) is 6.42 Å². The number of aromatic nitrogens is 3. The smallest absolute Gasteiger partial charge is 0.282 e. The molecule has 0 radical (unpaired) electrons. The number of rotatable bonds is 5. The van der Waals surface area contributed by atoms with Gasteiger partial charge in [0.25, 0.3) is 5.56 Å². The Hall–Kier alpha value is -2.99. The summed E-state index contributed by atoms with van der Waals surface area (Å²) < 4.78 is 2.62. The molecule has 1 N–H and O–H groups in total. The minimum Gasteiger partial charge on any atom is -0.292 e. The van der Waals surface area contributed by atoms with Crippen LogP contribution in [0.25, 0.3) is 15.3 Å². The standard InChI is InChI=1S/C23H24N4OS/c1-5-8-19-21(16(4)24-17-12-11-14(2)13-15(17)3)22(28)27(26-19)23-25-18-9-6-7-10-20(18)29-23/h6-7,9-13,26H,5,8H2,1-4H3. The van der Waals surface area contributed by atoms with Crippen molar-refractivity contribution in [1.29, 1.82) is 0 Å². The summed E-state index contributed by atoms with van der Waals surface area (Å²) in [6.45, 7) is 8.12. The number of aliphatic imine (C=N–C) groups is 1. The van der Waals surface area contributed by atoms with Gasteiger partial charge in [0.15, 0.2) is 0 Å². The van der Waals surface area contributed by atoms with Crippen molar-refractivity contribution in [3.63, 3.8) is 0 Å². The minimum absolute atomic E-state index is 0.0986. The summed E-state index contributed by atoms with van der Waals surface area (Å²) in [5.41, 5.74) is 6.26. The second kappa shape index (κ2) is 7.79. The molecule has 2 aromatic heterocycles. The highest BCUT2D eigenvalue weighted by molar-refractivity contribution is 7.20. The molecule has 2 aromatic carbocycles. The summed E-state index contributed by atoms with van der Waals surface area (Å²) in [6.07, 6.45) is 1.71. The van der Waals surface area contributed by atoms with E-state index in [-0.39, 0.29) is 5.56 Å². The van der Waals surface area contributed by atoms with Crippen LogP contribution in [0.1, 0.15) is 42.7 Å². The third kappa shape index (κ3) is 3.68. The fourth-order valence-electron chi connectivity index (χ4n) is 3.54. The zero-order valence-corrected chi connectivity index (χ0v) is 17.9. The topological polar surface area (TPSA) is 63.0 Å². The third-order valence-corrected chi connectivity index (χ3v) is 5.96. The zero-order chi connectivity index (χ0) is 20.5. The van der Waals surface area contributed by atoms with E-state index in [2.05, 4.69) is 30.0 Å². The van der Waals surface area contributed by atoms with Crippen molar-refractivity contribution in [1.82, 2.24) is 14.8 Å². The van der Waals surface area contributed by atoms with E-state index < -0.39 is 0 Å². The molecule has 6 heteroatoms. The molecule has 0 unspecified atom stereocenters. The van der Waals surface area contributed by atoms with Gasteiger partial charge in [0.1, 0.15) is 0 Å². The van der Waals surface area contributed by atoms with Crippen molar-refractivity contribution in [2.45, 2.75) is 40.5 Å². The minimum atomic E-state index is -0.0986. The first-order valence-electron chi connectivity index (χ1n) is 9.80. The van der Waals surface area contributed by atoms with E-state index in [1.54, 1.807) is 4.68 Å². The van der Waals surface area contributed by atoms with Crippen LogP contribution in [0.2, 0.25) is 0 Å². The van der Waals surface area contributed by atoms with Crippen LogP contribution < -0.4 is 5.56 Å². The van der Waals surface area contributed by atoms with Gasteiger partial charge < -0.3 is 0 Å². The van der Waals surface area contributed by atoms with E-state index in [4.69, 9.17) is 4.99 Å². The molecule has 0 saturated heterocycles. The van der Waals surface area contributed by atoms with E-state index in [0.29, 0.717) is 10.7 Å². The van der Waals surface area contributed by atoms with Gasteiger partial charge in [0.2, 0.25) is 5.13 Å². The molecule has 2 heterocycles. The number of H-pyrrole nitrogens is 1. The van der Waals surface area contributed by atoms with Gasteiger partial charge in [-0.05, 0) is 51.0 Å². The summed E-state index contributed by atoms with van der Waals surface area (Å²) in [7, 11) is 0. The Kier molecular flexibility index (Phi) is 5.20. The quantitative estimate of drug-likeness (QED) is 0.447. The number of nitrogens with one attached hydrogen (secondary N) is 1. The lowest BCUT2D eigenvalue weighted by Crippen LogP contribution is -2.19. The normalized spacial score (nSPS) is 12.1. The Bertz CT molecular complexity index is 1240. The number of aromatic amines is 1. The monoisotopic (exact) mass is 404 g/mol. The predicted molar refractivity (Wildman–Crippen MR) is 121 cm³/mol. The molecule has 0 spiro atoms. The number of aryl methyl sites for hydroxylation is 3. The number of hydrogen-bond donors (Lipinski definition) is 1. The molecule has 5 nitrogen and oxygen atoms in total. The first-order chi connectivity index (χ1) is 14.0. The molecule has 0 aliphatic heterocycles. The lowest BCUT2D eigenvalue weighted by Gasteiger charge is -2.04. The highest BCUT2D eigenvalue weighted by Gasteiger charge is 2.19. The molecule has 0 aliphatic rings. The maximum atomic E-state index is 13.3. The molecule has 4 aromatic rings. The van der Waals surface area contributed by atoms with Gasteiger partial charge in [0, 0.05) is 5.69 Å². The Morgan fingerprint density at radius 1 is 1.21 bits per heavy atom. The second-order valence-electron chi connectivity index (χ2n) is 7.31. The van der Waals surface area contributed by atoms with Crippen LogP contribution in [0.5, 0.6) is 0 Å². The molecular weight excluding hydrogens is 380 g/mol. The summed E-state index contributed by atoms with van der Waals surface area (Å²) in [4.78, 5) is 22.8. The van der Waals surface area contributed by atoms with Crippen molar-refractivity contribution in [2.75, 3.05) is 0 Å². The van der Waals surface area contributed by atoms with Crippen molar-refractivity contribution >= 4 is 33.0 Å². The second-order valence-corrected chi connectivity index (χ2v) is 8.32. The van der Waals surface area contributed by atoms with Crippen LogP contribution in [0.15, 0.2) is 52.3 Å². The molecule has 29 heavy (non-hydrogen) atoms. The average Bonchev–Trinajstić information content (AvgIpc) is 3.25. The van der Waals surface area contributed by atoms with Crippen LogP contribution in [0.3, 0.4) is 0 Å². The van der Waals surface area contributed by atoms with Gasteiger partial charge in [-0.2, -0.15) is 4.68 Å². The van der Waals surface area contributed by atoms with E-state index in [1.807, 2.05) is 50.2 Å². The molecule has 148 valence electrons. The molecule has 0 amide bonds. The molecule has 0 atom stereocenters. The number of benzene rings is 2. The van der Waals surface area contributed by atoms with E-state index in [1.165, 1.54) is 16.9 Å². The molecule has 0 fully saturated rings. The van der Waals surface area contributed by atoms with Crippen molar-refractivity contribution in [3.05, 3.63) is 75.2 Å². The average molecular weight is 405 g/mol. The zero-order valence-electron chi connectivity index (χ0n) is 17.1. The van der Waals surface area contributed by atoms with Gasteiger partial charge in [-0.1, -0.05) is 54.5 Å². The first kappa shape index (κ1) is 19.3. The van der Waals surface area contributed by atoms with Crippen LogP contribution in [0, 0.1) is 13.8 Å². The Labute approximate surface area is 173 Å². The SMILES string of the molecule is CCCc1[nH]n(-c2nc3ccccc3s2)c(=O)c1C(C)=Nc1ccc(C)cc1C. The summed E-state index contributed by atoms with van der Waals surface area (Å²) >= 11 is 1.51. The summed E-state index contributed by atoms with van der Waals surface area (Å²) in [5.74, 6) is 0. The molecule has 0 aliphatic carbocycles. The van der Waals surface area contributed by atoms with Gasteiger partial charge in [-0.15, -0.1) is 0 Å². The Morgan fingerprint density at radius 3 is 2.72 bits per heavy atom. The summed E-state index contributed by atoms with van der Waals surface area (Å²) in [6, 6.07) is 14.1.